The van der Waals surface area contributed by atoms with E-state index in [0.717, 1.165) is 27.8 Å². The zero-order valence-electron chi connectivity index (χ0n) is 12.8. The summed E-state index contributed by atoms with van der Waals surface area (Å²) < 4.78 is 4.75. The average Bonchev–Trinajstić information content (AvgIpc) is 2.58. The van der Waals surface area contributed by atoms with Crippen LogP contribution in [0.2, 0.25) is 5.02 Å². The Balaban J connectivity index is 2.02. The molecule has 0 aliphatic rings. The van der Waals surface area contributed by atoms with E-state index >= 15 is 0 Å². The highest BCUT2D eigenvalue weighted by Gasteiger charge is 2.09. The van der Waals surface area contributed by atoms with E-state index in [4.69, 9.17) is 16.3 Å². The lowest BCUT2D eigenvalue weighted by Gasteiger charge is -2.12. The van der Waals surface area contributed by atoms with Crippen molar-refractivity contribution in [3.63, 3.8) is 0 Å². The van der Waals surface area contributed by atoms with E-state index in [2.05, 4.69) is 10.3 Å². The molecule has 0 fully saturated rings. The lowest BCUT2D eigenvalue weighted by molar-refractivity contribution is 0.0601. The summed E-state index contributed by atoms with van der Waals surface area (Å²) in [5, 5.41) is 4.98. The maximum atomic E-state index is 11.6. The van der Waals surface area contributed by atoms with Crippen LogP contribution in [0, 0.1) is 6.92 Å². The number of methoxy groups -OCH3 is 1. The minimum absolute atomic E-state index is 0.365. The normalized spacial score (nSPS) is 10.6. The lowest BCUT2D eigenvalue weighted by Crippen LogP contribution is -2.02. The Morgan fingerprint density at radius 1 is 1.22 bits per heavy atom. The number of carbonyl (C=O) groups excluding carboxylic acids is 1. The second kappa shape index (κ2) is 6.26. The SMILES string of the molecule is COC(=O)c1cccc(Nc2ccnc3c(C)c(Cl)ccc23)c1. The van der Waals surface area contributed by atoms with Gasteiger partial charge in [-0.3, -0.25) is 4.98 Å². The molecule has 0 unspecified atom stereocenters. The number of ether oxygens (including phenoxy) is 1. The van der Waals surface area contributed by atoms with Crippen LogP contribution in [-0.4, -0.2) is 18.1 Å². The van der Waals surface area contributed by atoms with Crippen molar-refractivity contribution in [3.8, 4) is 0 Å². The van der Waals surface area contributed by atoms with Gasteiger partial charge in [-0.05, 0) is 48.9 Å². The van der Waals surface area contributed by atoms with Crippen molar-refractivity contribution in [2.45, 2.75) is 6.92 Å². The molecule has 3 aromatic rings. The summed E-state index contributed by atoms with van der Waals surface area (Å²) in [6.07, 6.45) is 1.73. The molecule has 0 atom stereocenters. The number of carbonyl (C=O) groups is 1. The summed E-state index contributed by atoms with van der Waals surface area (Å²) in [5.74, 6) is -0.365. The zero-order chi connectivity index (χ0) is 16.4. The van der Waals surface area contributed by atoms with Gasteiger partial charge in [0.1, 0.15) is 0 Å². The number of aryl methyl sites for hydroxylation is 1. The van der Waals surface area contributed by atoms with Crippen LogP contribution in [0.15, 0.2) is 48.7 Å². The van der Waals surface area contributed by atoms with E-state index in [1.807, 2.05) is 31.2 Å². The molecule has 116 valence electrons. The van der Waals surface area contributed by atoms with Crippen molar-refractivity contribution < 1.29 is 9.53 Å². The first-order chi connectivity index (χ1) is 11.1. The number of nitrogens with one attached hydrogen (secondary N) is 1. The molecule has 2 aromatic carbocycles. The molecule has 1 heterocycles. The molecule has 0 radical (unpaired) electrons. The second-order valence-electron chi connectivity index (χ2n) is 5.12. The molecule has 4 nitrogen and oxygen atoms in total. The highest BCUT2D eigenvalue weighted by Crippen LogP contribution is 2.30. The summed E-state index contributed by atoms with van der Waals surface area (Å²) in [7, 11) is 1.37. The van der Waals surface area contributed by atoms with Gasteiger partial charge in [0.25, 0.3) is 0 Å². The van der Waals surface area contributed by atoms with Crippen LogP contribution >= 0.6 is 11.6 Å². The van der Waals surface area contributed by atoms with Crippen molar-refractivity contribution >= 4 is 39.8 Å². The third-order valence-electron chi connectivity index (χ3n) is 3.66. The molecule has 0 saturated carbocycles. The van der Waals surface area contributed by atoms with Crippen LogP contribution in [0.3, 0.4) is 0 Å². The highest BCUT2D eigenvalue weighted by molar-refractivity contribution is 6.32. The molecule has 0 bridgehead atoms. The summed E-state index contributed by atoms with van der Waals surface area (Å²) in [4.78, 5) is 16.0. The fourth-order valence-electron chi connectivity index (χ4n) is 2.44. The van der Waals surface area contributed by atoms with E-state index < -0.39 is 0 Å². The fraction of sp³-hybridized carbons (Fsp3) is 0.111. The first-order valence-corrected chi connectivity index (χ1v) is 7.47. The molecule has 0 spiro atoms. The van der Waals surface area contributed by atoms with Crippen molar-refractivity contribution in [1.82, 2.24) is 4.98 Å². The second-order valence-corrected chi connectivity index (χ2v) is 5.53. The highest BCUT2D eigenvalue weighted by atomic mass is 35.5. The van der Waals surface area contributed by atoms with E-state index in [0.29, 0.717) is 10.6 Å². The van der Waals surface area contributed by atoms with Crippen LogP contribution < -0.4 is 5.32 Å². The summed E-state index contributed by atoms with van der Waals surface area (Å²) in [6.45, 7) is 1.94. The molecule has 0 amide bonds. The molecule has 1 aromatic heterocycles. The Hall–Kier alpha value is -2.59. The molecule has 23 heavy (non-hydrogen) atoms. The number of anilines is 2. The van der Waals surface area contributed by atoms with Gasteiger partial charge < -0.3 is 10.1 Å². The lowest BCUT2D eigenvalue weighted by atomic mass is 10.1. The Kier molecular flexibility index (Phi) is 4.17. The van der Waals surface area contributed by atoms with Gasteiger partial charge in [0, 0.05) is 28.0 Å². The number of hydrogen-bond acceptors (Lipinski definition) is 4. The van der Waals surface area contributed by atoms with E-state index in [1.165, 1.54) is 7.11 Å². The summed E-state index contributed by atoms with van der Waals surface area (Å²) in [5.41, 5.74) is 3.99. The monoisotopic (exact) mass is 326 g/mol. The number of hydrogen-bond donors (Lipinski definition) is 1. The first-order valence-electron chi connectivity index (χ1n) is 7.09. The van der Waals surface area contributed by atoms with Gasteiger partial charge in [-0.15, -0.1) is 0 Å². The van der Waals surface area contributed by atoms with Gasteiger partial charge in [0.05, 0.1) is 18.2 Å². The van der Waals surface area contributed by atoms with Crippen LogP contribution in [0.5, 0.6) is 0 Å². The van der Waals surface area contributed by atoms with Crippen LogP contribution in [0.25, 0.3) is 10.9 Å². The predicted octanol–water partition coefficient (Wildman–Crippen LogP) is 4.73. The van der Waals surface area contributed by atoms with E-state index in [9.17, 15) is 4.79 Å². The number of pyridine rings is 1. The van der Waals surface area contributed by atoms with Crippen molar-refractivity contribution in [3.05, 3.63) is 64.8 Å². The number of rotatable bonds is 3. The molecule has 5 heteroatoms. The van der Waals surface area contributed by atoms with Gasteiger partial charge in [-0.2, -0.15) is 0 Å². The van der Waals surface area contributed by atoms with Gasteiger partial charge in [-0.1, -0.05) is 17.7 Å². The molecule has 0 aliphatic heterocycles. The Morgan fingerprint density at radius 2 is 2.04 bits per heavy atom. The van der Waals surface area contributed by atoms with Crippen molar-refractivity contribution in [2.24, 2.45) is 0 Å². The molecule has 3 rings (SSSR count). The number of halogens is 1. The fourth-order valence-corrected chi connectivity index (χ4v) is 2.59. The van der Waals surface area contributed by atoms with Gasteiger partial charge in [0.15, 0.2) is 0 Å². The third kappa shape index (κ3) is 2.98. The van der Waals surface area contributed by atoms with Crippen LogP contribution in [0.4, 0.5) is 11.4 Å². The minimum atomic E-state index is -0.365. The predicted molar refractivity (Wildman–Crippen MR) is 92.6 cm³/mol. The van der Waals surface area contributed by atoms with Crippen LogP contribution in [-0.2, 0) is 4.74 Å². The van der Waals surface area contributed by atoms with Gasteiger partial charge in [-0.25, -0.2) is 4.79 Å². The molecule has 1 N–H and O–H groups in total. The molecule has 0 saturated heterocycles. The maximum Gasteiger partial charge on any atom is 0.337 e. The third-order valence-corrected chi connectivity index (χ3v) is 4.07. The zero-order valence-corrected chi connectivity index (χ0v) is 13.5. The smallest absolute Gasteiger partial charge is 0.337 e. The van der Waals surface area contributed by atoms with E-state index in [-0.39, 0.29) is 5.97 Å². The number of fused-ring (bicyclic) bond motifs is 1. The van der Waals surface area contributed by atoms with Crippen LogP contribution in [0.1, 0.15) is 15.9 Å². The standard InChI is InChI=1S/C18H15ClN2O2/c1-11-15(19)7-6-14-16(8-9-20-17(11)14)21-13-5-3-4-12(10-13)18(22)23-2/h3-10H,1-2H3,(H,20,21). The van der Waals surface area contributed by atoms with E-state index in [1.54, 1.807) is 24.4 Å². The largest absolute Gasteiger partial charge is 0.465 e. The van der Waals surface area contributed by atoms with Gasteiger partial charge in [0.2, 0.25) is 0 Å². The number of nitrogens with zero attached hydrogens (tertiary/aromatic N) is 1. The summed E-state index contributed by atoms with van der Waals surface area (Å²) >= 11 is 6.16. The van der Waals surface area contributed by atoms with Gasteiger partial charge >= 0.3 is 5.97 Å². The summed E-state index contributed by atoms with van der Waals surface area (Å²) in [6, 6.07) is 12.8. The molecular formula is C18H15ClN2O2. The van der Waals surface area contributed by atoms with Crippen molar-refractivity contribution in [2.75, 3.05) is 12.4 Å². The molecular weight excluding hydrogens is 312 g/mol. The Morgan fingerprint density at radius 3 is 2.83 bits per heavy atom. The number of aromatic nitrogens is 1. The number of esters is 1. The first kappa shape index (κ1) is 15.3. The Labute approximate surface area is 139 Å². The maximum absolute atomic E-state index is 11.6. The molecule has 0 aliphatic carbocycles. The van der Waals surface area contributed by atoms with Crippen molar-refractivity contribution in [1.29, 1.82) is 0 Å². The quantitative estimate of drug-likeness (QED) is 0.707. The number of benzene rings is 2. The minimum Gasteiger partial charge on any atom is -0.465 e. The Bertz CT molecular complexity index is 893. The average molecular weight is 327 g/mol. The topological polar surface area (TPSA) is 51.2 Å².